The summed E-state index contributed by atoms with van der Waals surface area (Å²) < 4.78 is 11.0. The molecule has 2 heterocycles. The van der Waals surface area contributed by atoms with Crippen LogP contribution in [-0.4, -0.2) is 22.8 Å². The lowest BCUT2D eigenvalue weighted by atomic mass is 10.2. The van der Waals surface area contributed by atoms with Gasteiger partial charge in [0.1, 0.15) is 5.75 Å². The topological polar surface area (TPSA) is 60.2 Å². The predicted octanol–water partition coefficient (Wildman–Crippen LogP) is 2.95. The van der Waals surface area contributed by atoms with Gasteiger partial charge in [0.15, 0.2) is 5.82 Å². The van der Waals surface area contributed by atoms with E-state index in [0.29, 0.717) is 5.89 Å². The Morgan fingerprint density at radius 3 is 3.05 bits per heavy atom. The zero-order valence-electron chi connectivity index (χ0n) is 11.8. The van der Waals surface area contributed by atoms with Crippen LogP contribution in [0, 0.1) is 0 Å². The van der Waals surface area contributed by atoms with E-state index in [1.54, 1.807) is 0 Å². The average molecular weight is 273 g/mol. The fraction of sp³-hybridized carbons (Fsp3) is 0.467. The minimum Gasteiger partial charge on any atom is -0.491 e. The van der Waals surface area contributed by atoms with Crippen molar-refractivity contribution in [3.05, 3.63) is 30.1 Å². The molecule has 106 valence electrons. The summed E-state index contributed by atoms with van der Waals surface area (Å²) in [5.41, 5.74) is 0.889. The number of hydrogen-bond donors (Lipinski definition) is 1. The molecule has 0 bridgehead atoms. The van der Waals surface area contributed by atoms with Gasteiger partial charge in [-0.15, -0.1) is 0 Å². The van der Waals surface area contributed by atoms with Crippen molar-refractivity contribution in [3.63, 3.8) is 0 Å². The van der Waals surface area contributed by atoms with Gasteiger partial charge in [0.05, 0.1) is 12.1 Å². The number of rotatable bonds is 4. The molecule has 0 amide bonds. The lowest BCUT2D eigenvalue weighted by molar-refractivity contribution is 0.242. The van der Waals surface area contributed by atoms with E-state index < -0.39 is 0 Å². The van der Waals surface area contributed by atoms with Crippen LogP contribution in [0.2, 0.25) is 0 Å². The summed E-state index contributed by atoms with van der Waals surface area (Å²) in [5, 5.41) is 7.44. The SMILES string of the molecule is CC(C)Oc1cccc(-c2nc(C3CCCN3)no2)c1. The number of ether oxygens (including phenoxy) is 1. The lowest BCUT2D eigenvalue weighted by Gasteiger charge is -2.09. The molecule has 5 nitrogen and oxygen atoms in total. The zero-order chi connectivity index (χ0) is 13.9. The van der Waals surface area contributed by atoms with Gasteiger partial charge in [-0.3, -0.25) is 0 Å². The van der Waals surface area contributed by atoms with E-state index in [0.717, 1.165) is 36.5 Å². The molecule has 1 saturated heterocycles. The molecule has 1 aliphatic heterocycles. The summed E-state index contributed by atoms with van der Waals surface area (Å²) in [4.78, 5) is 4.49. The van der Waals surface area contributed by atoms with Crippen molar-refractivity contribution in [2.75, 3.05) is 6.54 Å². The molecule has 1 aromatic heterocycles. The monoisotopic (exact) mass is 273 g/mol. The Balaban J connectivity index is 1.81. The van der Waals surface area contributed by atoms with Crippen molar-refractivity contribution < 1.29 is 9.26 Å². The first-order valence-electron chi connectivity index (χ1n) is 7.06. The number of aromatic nitrogens is 2. The van der Waals surface area contributed by atoms with Crippen molar-refractivity contribution in [1.82, 2.24) is 15.5 Å². The third-order valence-corrected chi connectivity index (χ3v) is 3.27. The Bertz CT molecular complexity index is 574. The van der Waals surface area contributed by atoms with Crippen LogP contribution in [0.5, 0.6) is 5.75 Å². The standard InChI is InChI=1S/C15H19N3O2/c1-10(2)19-12-6-3-5-11(9-12)15-17-14(18-20-15)13-7-4-8-16-13/h3,5-6,9-10,13,16H,4,7-8H2,1-2H3. The first-order chi connectivity index (χ1) is 9.72. The number of nitrogens with zero attached hydrogens (tertiary/aromatic N) is 2. The van der Waals surface area contributed by atoms with Crippen molar-refractivity contribution in [2.45, 2.75) is 38.8 Å². The van der Waals surface area contributed by atoms with Crippen LogP contribution in [-0.2, 0) is 0 Å². The first-order valence-corrected chi connectivity index (χ1v) is 7.06. The first kappa shape index (κ1) is 13.1. The predicted molar refractivity (Wildman–Crippen MR) is 75.5 cm³/mol. The molecule has 1 atom stereocenters. The maximum atomic E-state index is 5.68. The summed E-state index contributed by atoms with van der Waals surface area (Å²) in [6.45, 7) is 5.03. The van der Waals surface area contributed by atoms with E-state index in [-0.39, 0.29) is 12.1 Å². The molecule has 0 aliphatic carbocycles. The van der Waals surface area contributed by atoms with Crippen molar-refractivity contribution in [3.8, 4) is 17.2 Å². The lowest BCUT2D eigenvalue weighted by Crippen LogP contribution is -2.14. The van der Waals surface area contributed by atoms with Gasteiger partial charge in [-0.1, -0.05) is 11.2 Å². The van der Waals surface area contributed by atoms with Crippen LogP contribution in [0.25, 0.3) is 11.5 Å². The van der Waals surface area contributed by atoms with Gasteiger partial charge in [-0.2, -0.15) is 4.98 Å². The Morgan fingerprint density at radius 1 is 1.40 bits per heavy atom. The van der Waals surface area contributed by atoms with Gasteiger partial charge in [0, 0.05) is 5.56 Å². The van der Waals surface area contributed by atoms with Crippen molar-refractivity contribution >= 4 is 0 Å². The van der Waals surface area contributed by atoms with Crippen LogP contribution in [0.3, 0.4) is 0 Å². The minimum atomic E-state index is 0.145. The number of benzene rings is 1. The molecule has 1 N–H and O–H groups in total. The number of hydrogen-bond acceptors (Lipinski definition) is 5. The van der Waals surface area contributed by atoms with Crippen LogP contribution >= 0.6 is 0 Å². The molecular formula is C15H19N3O2. The van der Waals surface area contributed by atoms with Crippen LogP contribution in [0.15, 0.2) is 28.8 Å². The third-order valence-electron chi connectivity index (χ3n) is 3.27. The van der Waals surface area contributed by atoms with Crippen LogP contribution < -0.4 is 10.1 Å². The van der Waals surface area contributed by atoms with Gasteiger partial charge in [0.2, 0.25) is 0 Å². The molecule has 0 spiro atoms. The highest BCUT2D eigenvalue weighted by Crippen LogP contribution is 2.26. The van der Waals surface area contributed by atoms with Crippen LogP contribution in [0.1, 0.15) is 38.6 Å². The van der Waals surface area contributed by atoms with Gasteiger partial charge >= 0.3 is 0 Å². The van der Waals surface area contributed by atoms with E-state index in [9.17, 15) is 0 Å². The molecule has 1 unspecified atom stereocenters. The minimum absolute atomic E-state index is 0.145. The Morgan fingerprint density at radius 2 is 2.30 bits per heavy atom. The van der Waals surface area contributed by atoms with Gasteiger partial charge in [-0.25, -0.2) is 0 Å². The van der Waals surface area contributed by atoms with Crippen molar-refractivity contribution in [1.29, 1.82) is 0 Å². The second-order valence-electron chi connectivity index (χ2n) is 5.30. The smallest absolute Gasteiger partial charge is 0.258 e. The quantitative estimate of drug-likeness (QED) is 0.928. The summed E-state index contributed by atoms with van der Waals surface area (Å²) in [6, 6.07) is 7.97. The number of nitrogens with one attached hydrogen (secondary N) is 1. The highest BCUT2D eigenvalue weighted by atomic mass is 16.5. The van der Waals surface area contributed by atoms with Crippen LogP contribution in [0.4, 0.5) is 0 Å². The molecule has 1 aliphatic rings. The maximum absolute atomic E-state index is 5.68. The fourth-order valence-electron chi connectivity index (χ4n) is 2.37. The zero-order valence-corrected chi connectivity index (χ0v) is 11.8. The second kappa shape index (κ2) is 5.63. The average Bonchev–Trinajstić information content (AvgIpc) is 3.09. The van der Waals surface area contributed by atoms with Crippen molar-refractivity contribution in [2.24, 2.45) is 0 Å². The van der Waals surface area contributed by atoms with E-state index in [1.165, 1.54) is 0 Å². The molecule has 2 aromatic rings. The molecule has 1 aromatic carbocycles. The molecule has 20 heavy (non-hydrogen) atoms. The summed E-state index contributed by atoms with van der Waals surface area (Å²) in [6.07, 6.45) is 2.37. The Labute approximate surface area is 118 Å². The third kappa shape index (κ3) is 2.82. The van der Waals surface area contributed by atoms with E-state index in [2.05, 4.69) is 15.5 Å². The van der Waals surface area contributed by atoms with E-state index in [1.807, 2.05) is 38.1 Å². The molecular weight excluding hydrogens is 254 g/mol. The van der Waals surface area contributed by atoms with E-state index in [4.69, 9.17) is 9.26 Å². The fourth-order valence-corrected chi connectivity index (χ4v) is 2.37. The summed E-state index contributed by atoms with van der Waals surface area (Å²) in [5.74, 6) is 2.10. The Kier molecular flexibility index (Phi) is 3.69. The molecule has 1 fully saturated rings. The Hall–Kier alpha value is -1.88. The molecule has 0 saturated carbocycles. The molecule has 5 heteroatoms. The summed E-state index contributed by atoms with van der Waals surface area (Å²) >= 11 is 0. The van der Waals surface area contributed by atoms with E-state index >= 15 is 0 Å². The second-order valence-corrected chi connectivity index (χ2v) is 5.30. The highest BCUT2D eigenvalue weighted by molar-refractivity contribution is 5.55. The normalized spacial score (nSPS) is 18.6. The summed E-state index contributed by atoms with van der Waals surface area (Å²) in [7, 11) is 0. The van der Waals surface area contributed by atoms with Gasteiger partial charge in [0.25, 0.3) is 5.89 Å². The largest absolute Gasteiger partial charge is 0.491 e. The maximum Gasteiger partial charge on any atom is 0.258 e. The molecule has 0 radical (unpaired) electrons. The van der Waals surface area contributed by atoms with Gasteiger partial charge in [-0.05, 0) is 51.4 Å². The highest BCUT2D eigenvalue weighted by Gasteiger charge is 2.22. The van der Waals surface area contributed by atoms with Gasteiger partial charge < -0.3 is 14.6 Å². The molecule has 3 rings (SSSR count).